The van der Waals surface area contributed by atoms with Crippen molar-refractivity contribution in [1.29, 1.82) is 0 Å². The highest BCUT2D eigenvalue weighted by molar-refractivity contribution is 5.89. The Bertz CT molecular complexity index is 314. The molecule has 0 saturated heterocycles. The quantitative estimate of drug-likeness (QED) is 0.318. The number of hydrogen-bond acceptors (Lipinski definition) is 4. The van der Waals surface area contributed by atoms with Crippen molar-refractivity contribution in [2.24, 2.45) is 16.8 Å². The van der Waals surface area contributed by atoms with Gasteiger partial charge in [-0.15, -0.1) is 0 Å². The van der Waals surface area contributed by atoms with Gasteiger partial charge in [0.05, 0.1) is 12.1 Å². The first kappa shape index (κ1) is 14.8. The molecule has 1 aliphatic carbocycles. The van der Waals surface area contributed by atoms with Crippen molar-refractivity contribution in [2.45, 2.75) is 45.3 Å². The van der Waals surface area contributed by atoms with Crippen LogP contribution in [0.4, 0.5) is 0 Å². The monoisotopic (exact) mass is 257 g/mol. The Kier molecular flexibility index (Phi) is 5.40. The molecule has 1 amide bonds. The van der Waals surface area contributed by atoms with Crippen LogP contribution in [0.25, 0.3) is 0 Å². The summed E-state index contributed by atoms with van der Waals surface area (Å²) in [5.74, 6) is 0.469. The molecule has 0 aromatic heterocycles. The van der Waals surface area contributed by atoms with Gasteiger partial charge < -0.3 is 20.6 Å². The number of likely N-dealkylation sites (N-methyl/N-ethyl adjacent to an activating group) is 1. The molecule has 104 valence electrons. The van der Waals surface area contributed by atoms with Gasteiger partial charge in [0.25, 0.3) is 0 Å². The minimum Gasteiger partial charge on any atom is -0.409 e. The van der Waals surface area contributed by atoms with Gasteiger partial charge >= 0.3 is 0 Å². The molecule has 1 fully saturated rings. The zero-order valence-corrected chi connectivity index (χ0v) is 11.3. The van der Waals surface area contributed by atoms with Gasteiger partial charge in [-0.2, -0.15) is 0 Å². The Hall–Kier alpha value is -1.30. The van der Waals surface area contributed by atoms with Crippen molar-refractivity contribution in [3.05, 3.63) is 0 Å². The van der Waals surface area contributed by atoms with Gasteiger partial charge in [0.1, 0.15) is 0 Å². The van der Waals surface area contributed by atoms with Crippen molar-refractivity contribution < 1.29 is 14.7 Å². The maximum atomic E-state index is 12.0. The standard InChI is InChI=1S/C12H23N3O3/c1-4-18-10-5-9(6-10)7-11(16)15(3)8(2)12(13)14-17/h8-10,17H,4-7H2,1-3H3,(H2,13,14). The summed E-state index contributed by atoms with van der Waals surface area (Å²) in [6.07, 6.45) is 2.72. The Morgan fingerprint density at radius 2 is 2.22 bits per heavy atom. The van der Waals surface area contributed by atoms with E-state index in [1.807, 2.05) is 6.92 Å². The summed E-state index contributed by atoms with van der Waals surface area (Å²) in [4.78, 5) is 13.5. The van der Waals surface area contributed by atoms with Crippen LogP contribution in [0.3, 0.4) is 0 Å². The molecule has 0 radical (unpaired) electrons. The normalized spacial score (nSPS) is 25.4. The van der Waals surface area contributed by atoms with Gasteiger partial charge in [-0.25, -0.2) is 0 Å². The number of carbonyl (C=O) groups excluding carboxylic acids is 1. The third kappa shape index (κ3) is 3.60. The van der Waals surface area contributed by atoms with E-state index in [9.17, 15) is 4.79 Å². The van der Waals surface area contributed by atoms with E-state index < -0.39 is 0 Å². The molecule has 1 saturated carbocycles. The number of ether oxygens (including phenoxy) is 1. The highest BCUT2D eigenvalue weighted by Gasteiger charge is 2.32. The van der Waals surface area contributed by atoms with Crippen LogP contribution in [0.1, 0.15) is 33.1 Å². The molecule has 6 nitrogen and oxygen atoms in total. The summed E-state index contributed by atoms with van der Waals surface area (Å²) < 4.78 is 5.46. The predicted octanol–water partition coefficient (Wildman–Crippen LogP) is 0.785. The SMILES string of the molecule is CCOC1CC(CC(=O)N(C)C(C)C(N)=NO)C1. The second-order valence-electron chi connectivity index (χ2n) is 4.82. The van der Waals surface area contributed by atoms with Crippen LogP contribution in [0.15, 0.2) is 5.16 Å². The van der Waals surface area contributed by atoms with Crippen LogP contribution >= 0.6 is 0 Å². The highest BCUT2D eigenvalue weighted by Crippen LogP contribution is 2.33. The lowest BCUT2D eigenvalue weighted by atomic mass is 9.79. The zero-order chi connectivity index (χ0) is 13.7. The van der Waals surface area contributed by atoms with E-state index in [2.05, 4.69) is 5.16 Å². The summed E-state index contributed by atoms with van der Waals surface area (Å²) >= 11 is 0. The van der Waals surface area contributed by atoms with Gasteiger partial charge in [0.15, 0.2) is 5.84 Å². The van der Waals surface area contributed by atoms with Crippen LogP contribution in [0.2, 0.25) is 0 Å². The lowest BCUT2D eigenvalue weighted by Crippen LogP contribution is -2.45. The van der Waals surface area contributed by atoms with E-state index >= 15 is 0 Å². The minimum atomic E-state index is -0.384. The van der Waals surface area contributed by atoms with Gasteiger partial charge in [-0.3, -0.25) is 4.79 Å². The summed E-state index contributed by atoms with van der Waals surface area (Å²) in [6.45, 7) is 4.44. The van der Waals surface area contributed by atoms with Crippen molar-refractivity contribution in [3.63, 3.8) is 0 Å². The maximum absolute atomic E-state index is 12.0. The van der Waals surface area contributed by atoms with Crippen LogP contribution in [-0.4, -0.2) is 47.7 Å². The van der Waals surface area contributed by atoms with E-state index in [-0.39, 0.29) is 17.8 Å². The van der Waals surface area contributed by atoms with Crippen LogP contribution < -0.4 is 5.73 Å². The van der Waals surface area contributed by atoms with E-state index in [4.69, 9.17) is 15.7 Å². The van der Waals surface area contributed by atoms with Gasteiger partial charge in [0, 0.05) is 20.1 Å². The molecule has 1 atom stereocenters. The largest absolute Gasteiger partial charge is 0.409 e. The topological polar surface area (TPSA) is 88.2 Å². The second-order valence-corrected chi connectivity index (χ2v) is 4.82. The lowest BCUT2D eigenvalue weighted by Gasteiger charge is -2.36. The molecular formula is C12H23N3O3. The van der Waals surface area contributed by atoms with Gasteiger partial charge in [0.2, 0.25) is 5.91 Å². The minimum absolute atomic E-state index is 0.0223. The molecule has 3 N–H and O–H groups in total. The summed E-state index contributed by atoms with van der Waals surface area (Å²) in [6, 6.07) is -0.384. The van der Waals surface area contributed by atoms with Gasteiger partial charge in [-0.05, 0) is 32.6 Å². The molecule has 1 aliphatic rings. The fourth-order valence-corrected chi connectivity index (χ4v) is 2.10. The molecule has 6 heteroatoms. The molecule has 0 aromatic rings. The first-order valence-electron chi connectivity index (χ1n) is 6.34. The number of oxime groups is 1. The highest BCUT2D eigenvalue weighted by atomic mass is 16.5. The Morgan fingerprint density at radius 3 is 2.72 bits per heavy atom. The van der Waals surface area contributed by atoms with Crippen molar-refractivity contribution in [3.8, 4) is 0 Å². The molecule has 0 heterocycles. The number of amides is 1. The molecule has 0 bridgehead atoms. The predicted molar refractivity (Wildman–Crippen MR) is 68.4 cm³/mol. The van der Waals surface area contributed by atoms with Crippen molar-refractivity contribution in [2.75, 3.05) is 13.7 Å². The number of hydrogen-bond donors (Lipinski definition) is 2. The second kappa shape index (κ2) is 6.58. The third-order valence-corrected chi connectivity index (χ3v) is 3.58. The number of rotatable bonds is 6. The fourth-order valence-electron chi connectivity index (χ4n) is 2.10. The van der Waals surface area contributed by atoms with Crippen molar-refractivity contribution >= 4 is 11.7 Å². The van der Waals surface area contributed by atoms with Crippen LogP contribution in [-0.2, 0) is 9.53 Å². The molecule has 1 unspecified atom stereocenters. The molecule has 0 aromatic carbocycles. The lowest BCUT2D eigenvalue weighted by molar-refractivity contribution is -0.133. The molecule has 1 rings (SSSR count). The molecule has 0 aliphatic heterocycles. The van der Waals surface area contributed by atoms with E-state index in [1.54, 1.807) is 14.0 Å². The summed E-state index contributed by atoms with van der Waals surface area (Å²) in [5, 5.41) is 11.5. The Morgan fingerprint density at radius 1 is 1.61 bits per heavy atom. The summed E-state index contributed by atoms with van der Waals surface area (Å²) in [7, 11) is 1.67. The Labute approximate surface area is 108 Å². The number of nitrogens with two attached hydrogens (primary N) is 1. The summed E-state index contributed by atoms with van der Waals surface area (Å²) in [5.41, 5.74) is 5.48. The average molecular weight is 257 g/mol. The zero-order valence-electron chi connectivity index (χ0n) is 11.3. The first-order chi connectivity index (χ1) is 8.49. The molecular weight excluding hydrogens is 234 g/mol. The van der Waals surface area contributed by atoms with Gasteiger partial charge in [-0.1, -0.05) is 5.16 Å². The number of amidine groups is 1. The van der Waals surface area contributed by atoms with Crippen molar-refractivity contribution in [1.82, 2.24) is 4.90 Å². The van der Waals surface area contributed by atoms with E-state index in [1.165, 1.54) is 4.90 Å². The Balaban J connectivity index is 2.33. The third-order valence-electron chi connectivity index (χ3n) is 3.58. The average Bonchev–Trinajstić information content (AvgIpc) is 2.33. The number of carbonyl (C=O) groups is 1. The first-order valence-corrected chi connectivity index (χ1v) is 6.34. The molecule has 0 spiro atoms. The van der Waals surface area contributed by atoms with Crippen LogP contribution in [0, 0.1) is 5.92 Å². The van der Waals surface area contributed by atoms with E-state index in [0.717, 1.165) is 19.4 Å². The fraction of sp³-hybridized carbons (Fsp3) is 0.833. The molecule has 18 heavy (non-hydrogen) atoms. The number of nitrogens with zero attached hydrogens (tertiary/aromatic N) is 2. The smallest absolute Gasteiger partial charge is 0.223 e. The van der Waals surface area contributed by atoms with Crippen LogP contribution in [0.5, 0.6) is 0 Å². The van der Waals surface area contributed by atoms with E-state index in [0.29, 0.717) is 18.4 Å². The maximum Gasteiger partial charge on any atom is 0.223 e.